The van der Waals surface area contributed by atoms with Crippen molar-refractivity contribution >= 4 is 0 Å². The average Bonchev–Trinajstić information content (AvgIpc) is 3.16. The van der Waals surface area contributed by atoms with Crippen LogP contribution in [0, 0.1) is 0 Å². The normalized spacial score (nSPS) is 13.2. The summed E-state index contributed by atoms with van der Waals surface area (Å²) in [5.41, 5.74) is -0.894. The summed E-state index contributed by atoms with van der Waals surface area (Å²) >= 11 is 0. The molecule has 0 fully saturated rings. The van der Waals surface area contributed by atoms with E-state index in [4.69, 9.17) is 4.52 Å². The van der Waals surface area contributed by atoms with Crippen molar-refractivity contribution in [3.63, 3.8) is 0 Å². The molecule has 3 rings (SSSR count). The standard InChI is InChI=1S/C13H10F3N5O2/c1-7(21-5-3-9(19-21)13(14,15)16)12-18-11(20-23-12)8-2-4-17-10(22)6-8/h2-7H,1H3,(H,17,22). The Bertz CT molecular complexity index is 880. The Morgan fingerprint density at radius 3 is 2.78 bits per heavy atom. The Morgan fingerprint density at radius 2 is 2.13 bits per heavy atom. The average molecular weight is 325 g/mol. The largest absolute Gasteiger partial charge is 0.435 e. The van der Waals surface area contributed by atoms with E-state index >= 15 is 0 Å². The lowest BCUT2D eigenvalue weighted by molar-refractivity contribution is -0.141. The molecule has 10 heteroatoms. The number of rotatable bonds is 3. The Balaban J connectivity index is 1.88. The second-order valence-corrected chi connectivity index (χ2v) is 4.75. The van der Waals surface area contributed by atoms with Gasteiger partial charge in [0.05, 0.1) is 0 Å². The zero-order valence-electron chi connectivity index (χ0n) is 11.7. The zero-order chi connectivity index (χ0) is 16.6. The molecule has 0 aromatic carbocycles. The molecular weight excluding hydrogens is 315 g/mol. The molecule has 1 atom stereocenters. The number of pyridine rings is 1. The molecule has 120 valence electrons. The summed E-state index contributed by atoms with van der Waals surface area (Å²) in [6, 6.07) is 3.05. The van der Waals surface area contributed by atoms with E-state index in [0.717, 1.165) is 10.7 Å². The maximum absolute atomic E-state index is 12.6. The van der Waals surface area contributed by atoms with Crippen LogP contribution in [0.1, 0.15) is 24.6 Å². The maximum Gasteiger partial charge on any atom is 0.435 e. The highest BCUT2D eigenvalue weighted by molar-refractivity contribution is 5.52. The van der Waals surface area contributed by atoms with Gasteiger partial charge in [-0.3, -0.25) is 9.48 Å². The van der Waals surface area contributed by atoms with Crippen LogP contribution in [-0.2, 0) is 6.18 Å². The van der Waals surface area contributed by atoms with Crippen molar-refractivity contribution in [3.8, 4) is 11.4 Å². The van der Waals surface area contributed by atoms with Gasteiger partial charge in [0, 0.05) is 24.0 Å². The molecule has 1 N–H and O–H groups in total. The molecule has 0 aliphatic heterocycles. The molecule has 1 unspecified atom stereocenters. The lowest BCUT2D eigenvalue weighted by atomic mass is 10.2. The zero-order valence-corrected chi connectivity index (χ0v) is 11.7. The maximum atomic E-state index is 12.6. The van der Waals surface area contributed by atoms with Crippen molar-refractivity contribution < 1.29 is 17.7 Å². The van der Waals surface area contributed by atoms with Crippen molar-refractivity contribution in [2.24, 2.45) is 0 Å². The summed E-state index contributed by atoms with van der Waals surface area (Å²) in [6.07, 6.45) is -1.90. The highest BCUT2D eigenvalue weighted by atomic mass is 19.4. The van der Waals surface area contributed by atoms with Gasteiger partial charge >= 0.3 is 6.18 Å². The van der Waals surface area contributed by atoms with Crippen LogP contribution in [0.3, 0.4) is 0 Å². The van der Waals surface area contributed by atoms with Gasteiger partial charge in [0.25, 0.3) is 5.89 Å². The molecule has 3 aromatic heterocycles. The minimum absolute atomic E-state index is 0.0807. The highest BCUT2D eigenvalue weighted by Gasteiger charge is 2.34. The molecule has 7 nitrogen and oxygen atoms in total. The van der Waals surface area contributed by atoms with Crippen molar-refractivity contribution in [3.05, 3.63) is 52.5 Å². The van der Waals surface area contributed by atoms with Crippen LogP contribution >= 0.6 is 0 Å². The quantitative estimate of drug-likeness (QED) is 0.798. The van der Waals surface area contributed by atoms with Crippen LogP contribution < -0.4 is 5.56 Å². The molecule has 0 saturated heterocycles. The molecular formula is C13H10F3N5O2. The smallest absolute Gasteiger partial charge is 0.337 e. The third-order valence-corrected chi connectivity index (χ3v) is 3.13. The molecule has 0 spiro atoms. The van der Waals surface area contributed by atoms with E-state index in [2.05, 4.69) is 20.2 Å². The molecule has 0 amide bonds. The van der Waals surface area contributed by atoms with E-state index in [1.807, 2.05) is 0 Å². The summed E-state index contributed by atoms with van der Waals surface area (Å²) in [4.78, 5) is 17.8. The fraction of sp³-hybridized carbons (Fsp3) is 0.231. The van der Waals surface area contributed by atoms with E-state index in [1.54, 1.807) is 13.0 Å². The predicted molar refractivity (Wildman–Crippen MR) is 71.4 cm³/mol. The number of nitrogens with zero attached hydrogens (tertiary/aromatic N) is 4. The number of nitrogens with one attached hydrogen (secondary N) is 1. The van der Waals surface area contributed by atoms with Gasteiger partial charge in [-0.25, -0.2) is 0 Å². The summed E-state index contributed by atoms with van der Waals surface area (Å²) < 4.78 is 43.8. The van der Waals surface area contributed by atoms with Crippen molar-refractivity contribution in [1.29, 1.82) is 0 Å². The Kier molecular flexibility index (Phi) is 3.51. The topological polar surface area (TPSA) is 89.6 Å². The van der Waals surface area contributed by atoms with Crippen LogP contribution in [-0.4, -0.2) is 24.9 Å². The fourth-order valence-electron chi connectivity index (χ4n) is 1.92. The SMILES string of the molecule is CC(c1nc(-c2cc[nH]c(=O)c2)no1)n1ccc(C(F)(F)F)n1. The van der Waals surface area contributed by atoms with E-state index < -0.39 is 17.9 Å². The highest BCUT2D eigenvalue weighted by Crippen LogP contribution is 2.28. The van der Waals surface area contributed by atoms with Gasteiger partial charge in [-0.05, 0) is 19.1 Å². The molecule has 3 heterocycles. The molecule has 3 aromatic rings. The number of alkyl halides is 3. The summed E-state index contributed by atoms with van der Waals surface area (Å²) in [5, 5.41) is 7.19. The summed E-state index contributed by atoms with van der Waals surface area (Å²) in [6.45, 7) is 1.57. The number of hydrogen-bond donors (Lipinski definition) is 1. The monoisotopic (exact) mass is 325 g/mol. The van der Waals surface area contributed by atoms with Crippen LogP contribution in [0.2, 0.25) is 0 Å². The first-order valence-corrected chi connectivity index (χ1v) is 6.49. The molecule has 0 aliphatic carbocycles. The van der Waals surface area contributed by atoms with Gasteiger partial charge in [-0.1, -0.05) is 5.16 Å². The Morgan fingerprint density at radius 1 is 1.35 bits per heavy atom. The second kappa shape index (κ2) is 5.38. The van der Waals surface area contributed by atoms with E-state index in [-0.39, 0.29) is 17.3 Å². The van der Waals surface area contributed by atoms with Gasteiger partial charge in [-0.15, -0.1) is 0 Å². The van der Waals surface area contributed by atoms with Gasteiger partial charge in [0.2, 0.25) is 11.4 Å². The Hall–Kier alpha value is -2.91. The van der Waals surface area contributed by atoms with Crippen LogP contribution in [0.25, 0.3) is 11.4 Å². The molecule has 0 saturated carbocycles. The lowest BCUT2D eigenvalue weighted by Crippen LogP contribution is -2.11. The van der Waals surface area contributed by atoms with E-state index in [9.17, 15) is 18.0 Å². The van der Waals surface area contributed by atoms with E-state index in [1.165, 1.54) is 18.5 Å². The minimum Gasteiger partial charge on any atom is -0.337 e. The minimum atomic E-state index is -4.52. The molecule has 0 aliphatic rings. The third-order valence-electron chi connectivity index (χ3n) is 3.13. The molecule has 0 bridgehead atoms. The number of aromatic nitrogens is 5. The van der Waals surface area contributed by atoms with Crippen molar-refractivity contribution in [2.45, 2.75) is 19.1 Å². The number of hydrogen-bond acceptors (Lipinski definition) is 5. The van der Waals surface area contributed by atoms with Crippen molar-refractivity contribution in [1.82, 2.24) is 24.9 Å². The Labute approximate surface area is 126 Å². The van der Waals surface area contributed by atoms with Gasteiger partial charge < -0.3 is 9.51 Å². The lowest BCUT2D eigenvalue weighted by Gasteiger charge is -2.07. The van der Waals surface area contributed by atoms with Crippen molar-refractivity contribution in [2.75, 3.05) is 0 Å². The number of H-pyrrole nitrogens is 1. The van der Waals surface area contributed by atoms with Crippen LogP contribution in [0.4, 0.5) is 13.2 Å². The fourth-order valence-corrected chi connectivity index (χ4v) is 1.92. The predicted octanol–water partition coefficient (Wildman–Crippen LogP) is 2.25. The number of aromatic amines is 1. The van der Waals surface area contributed by atoms with E-state index in [0.29, 0.717) is 5.56 Å². The first-order valence-electron chi connectivity index (χ1n) is 6.49. The second-order valence-electron chi connectivity index (χ2n) is 4.75. The first kappa shape index (κ1) is 15.0. The first-order chi connectivity index (χ1) is 10.8. The summed E-state index contributed by atoms with van der Waals surface area (Å²) in [5.74, 6) is 0.248. The number of halogens is 3. The third kappa shape index (κ3) is 3.00. The van der Waals surface area contributed by atoms with Gasteiger partial charge in [0.1, 0.15) is 6.04 Å². The van der Waals surface area contributed by atoms with Gasteiger partial charge in [-0.2, -0.15) is 23.3 Å². The van der Waals surface area contributed by atoms with Crippen LogP contribution in [0.15, 0.2) is 39.9 Å². The van der Waals surface area contributed by atoms with Gasteiger partial charge in [0.15, 0.2) is 5.69 Å². The molecule has 0 radical (unpaired) electrons. The summed E-state index contributed by atoms with van der Waals surface area (Å²) in [7, 11) is 0. The van der Waals surface area contributed by atoms with Crippen LogP contribution in [0.5, 0.6) is 0 Å². The molecule has 23 heavy (non-hydrogen) atoms.